The molecule has 1 aliphatic heterocycles. The molecule has 8 heteroatoms. The van der Waals surface area contributed by atoms with Crippen LogP contribution < -0.4 is 10.6 Å². The van der Waals surface area contributed by atoms with Crippen LogP contribution in [0.4, 0.5) is 5.69 Å². The minimum atomic E-state index is -0.0921. The molecule has 6 nitrogen and oxygen atoms in total. The number of para-hydroxylation sites is 1. The fourth-order valence-electron chi connectivity index (χ4n) is 4.23. The SMILES string of the molecule is Cc1ccccc1NC(=O)CCN1C(=S)N[C@@H](c2ccccn2)[C@@H]1c1c(C)[nH]c(C)c1I. The topological polar surface area (TPSA) is 73.1 Å². The Balaban J connectivity index is 1.60. The van der Waals surface area contributed by atoms with Crippen LogP contribution in [0.2, 0.25) is 0 Å². The number of aromatic nitrogens is 2. The van der Waals surface area contributed by atoms with E-state index in [-0.39, 0.29) is 18.0 Å². The summed E-state index contributed by atoms with van der Waals surface area (Å²) in [6, 6.07) is 13.6. The van der Waals surface area contributed by atoms with Crippen molar-refractivity contribution < 1.29 is 4.79 Å². The van der Waals surface area contributed by atoms with Crippen molar-refractivity contribution in [3.05, 3.63) is 80.4 Å². The highest BCUT2D eigenvalue weighted by Gasteiger charge is 2.42. The quantitative estimate of drug-likeness (QED) is 0.295. The molecule has 1 aromatic carbocycles. The Hall–Kier alpha value is -2.46. The van der Waals surface area contributed by atoms with E-state index in [2.05, 4.69) is 61.9 Å². The number of nitrogens with zero attached hydrogens (tertiary/aromatic N) is 2. The van der Waals surface area contributed by atoms with Gasteiger partial charge in [0.25, 0.3) is 0 Å². The summed E-state index contributed by atoms with van der Waals surface area (Å²) >= 11 is 8.13. The third-order valence-corrected chi connectivity index (χ3v) is 7.58. The molecule has 4 rings (SSSR count). The second-order valence-corrected chi connectivity index (χ2v) is 9.50. The van der Waals surface area contributed by atoms with E-state index in [0.717, 1.165) is 28.3 Å². The number of carbonyl (C=O) groups excluding carboxylic acids is 1. The molecule has 3 aromatic rings. The molecule has 3 N–H and O–H groups in total. The van der Waals surface area contributed by atoms with Gasteiger partial charge in [0.15, 0.2) is 5.11 Å². The number of hydrogen-bond donors (Lipinski definition) is 3. The van der Waals surface area contributed by atoms with Crippen molar-refractivity contribution in [1.29, 1.82) is 0 Å². The average molecular weight is 559 g/mol. The smallest absolute Gasteiger partial charge is 0.226 e. The number of carbonyl (C=O) groups is 1. The van der Waals surface area contributed by atoms with E-state index in [0.29, 0.717) is 18.1 Å². The third kappa shape index (κ3) is 4.52. The van der Waals surface area contributed by atoms with Gasteiger partial charge in [-0.25, -0.2) is 0 Å². The highest BCUT2D eigenvalue weighted by molar-refractivity contribution is 14.1. The first-order valence-electron chi connectivity index (χ1n) is 10.5. The molecule has 0 radical (unpaired) electrons. The van der Waals surface area contributed by atoms with Crippen LogP contribution in [-0.2, 0) is 4.79 Å². The maximum Gasteiger partial charge on any atom is 0.226 e. The summed E-state index contributed by atoms with van der Waals surface area (Å²) in [6.45, 7) is 6.66. The van der Waals surface area contributed by atoms with E-state index < -0.39 is 0 Å². The van der Waals surface area contributed by atoms with Gasteiger partial charge in [0.1, 0.15) is 0 Å². The molecule has 1 amide bonds. The third-order valence-electron chi connectivity index (χ3n) is 5.84. The van der Waals surface area contributed by atoms with Gasteiger partial charge in [0, 0.05) is 45.4 Å². The Morgan fingerprint density at radius 2 is 1.91 bits per heavy atom. The maximum atomic E-state index is 12.7. The Kier molecular flexibility index (Phi) is 6.80. The number of amides is 1. The number of thiocarbonyl (C=S) groups is 1. The minimum Gasteiger partial charge on any atom is -0.362 e. The lowest BCUT2D eigenvalue weighted by atomic mass is 9.96. The van der Waals surface area contributed by atoms with Crippen LogP contribution in [0.5, 0.6) is 0 Å². The zero-order valence-electron chi connectivity index (χ0n) is 18.3. The minimum absolute atomic E-state index is 0.0289. The van der Waals surface area contributed by atoms with Crippen molar-refractivity contribution in [2.45, 2.75) is 39.3 Å². The molecule has 0 unspecified atom stereocenters. The number of benzene rings is 1. The molecule has 2 atom stereocenters. The lowest BCUT2D eigenvalue weighted by Gasteiger charge is -2.28. The number of anilines is 1. The fraction of sp³-hybridized carbons (Fsp3) is 0.292. The summed E-state index contributed by atoms with van der Waals surface area (Å²) in [5.74, 6) is -0.0289. The highest BCUT2D eigenvalue weighted by atomic mass is 127. The van der Waals surface area contributed by atoms with Crippen molar-refractivity contribution >= 4 is 51.5 Å². The Labute approximate surface area is 207 Å². The monoisotopic (exact) mass is 559 g/mol. The standard InChI is InChI=1S/C24H26IN5OS/c1-14-8-4-5-9-17(14)28-19(31)11-13-30-23(20-15(2)27-16(3)21(20)25)22(29-24(30)32)18-10-6-7-12-26-18/h4-10,12,22-23,27H,11,13H2,1-3H3,(H,28,31)(H,29,32)/t22-,23-/m0/s1. The molecule has 0 saturated carbocycles. The van der Waals surface area contributed by atoms with Gasteiger partial charge >= 0.3 is 0 Å². The van der Waals surface area contributed by atoms with Gasteiger partial charge in [-0.2, -0.15) is 0 Å². The number of aryl methyl sites for hydroxylation is 3. The van der Waals surface area contributed by atoms with Gasteiger partial charge in [-0.3, -0.25) is 9.78 Å². The Bertz CT molecular complexity index is 1150. The van der Waals surface area contributed by atoms with Crippen LogP contribution in [0, 0.1) is 24.3 Å². The second kappa shape index (κ2) is 9.58. The first kappa shape index (κ1) is 22.7. The number of halogens is 1. The van der Waals surface area contributed by atoms with Gasteiger partial charge in [-0.1, -0.05) is 24.3 Å². The summed E-state index contributed by atoms with van der Waals surface area (Å²) in [5, 5.41) is 7.13. The molecule has 3 heterocycles. The zero-order valence-corrected chi connectivity index (χ0v) is 21.3. The molecule has 32 heavy (non-hydrogen) atoms. The van der Waals surface area contributed by atoms with Crippen LogP contribution in [-0.4, -0.2) is 32.4 Å². The number of pyridine rings is 1. The maximum absolute atomic E-state index is 12.7. The lowest BCUT2D eigenvalue weighted by molar-refractivity contribution is -0.116. The van der Waals surface area contributed by atoms with E-state index in [1.54, 1.807) is 6.20 Å². The van der Waals surface area contributed by atoms with Gasteiger partial charge in [0.05, 0.1) is 17.8 Å². The van der Waals surface area contributed by atoms with Crippen LogP contribution in [0.15, 0.2) is 48.7 Å². The van der Waals surface area contributed by atoms with Gasteiger partial charge < -0.3 is 20.5 Å². The largest absolute Gasteiger partial charge is 0.362 e. The summed E-state index contributed by atoms with van der Waals surface area (Å²) in [5.41, 5.74) is 6.26. The summed E-state index contributed by atoms with van der Waals surface area (Å²) in [4.78, 5) is 22.9. The average Bonchev–Trinajstić information content (AvgIpc) is 3.23. The first-order chi connectivity index (χ1) is 15.4. The zero-order chi connectivity index (χ0) is 22.8. The molecular formula is C24H26IN5OS. The number of aromatic amines is 1. The van der Waals surface area contributed by atoms with Crippen LogP contribution in [0.25, 0.3) is 0 Å². The predicted molar refractivity (Wildman–Crippen MR) is 140 cm³/mol. The van der Waals surface area contributed by atoms with Crippen LogP contribution in [0.3, 0.4) is 0 Å². The Morgan fingerprint density at radius 1 is 1.16 bits per heavy atom. The number of H-pyrrole nitrogens is 1. The summed E-state index contributed by atoms with van der Waals surface area (Å²) in [6.07, 6.45) is 2.14. The highest BCUT2D eigenvalue weighted by Crippen LogP contribution is 2.42. The molecule has 0 bridgehead atoms. The molecule has 0 spiro atoms. The van der Waals surface area contributed by atoms with Crippen LogP contribution in [0.1, 0.15) is 46.7 Å². The molecule has 1 fully saturated rings. The second-order valence-electron chi connectivity index (χ2n) is 8.04. The summed E-state index contributed by atoms with van der Waals surface area (Å²) in [7, 11) is 0. The normalized spacial score (nSPS) is 18.0. The lowest BCUT2D eigenvalue weighted by Crippen LogP contribution is -2.33. The summed E-state index contributed by atoms with van der Waals surface area (Å²) < 4.78 is 1.19. The van der Waals surface area contributed by atoms with Gasteiger partial charge in [-0.15, -0.1) is 0 Å². The molecule has 166 valence electrons. The van der Waals surface area contributed by atoms with Crippen molar-refractivity contribution in [2.75, 3.05) is 11.9 Å². The molecule has 2 aromatic heterocycles. The van der Waals surface area contributed by atoms with Gasteiger partial charge in [0.2, 0.25) is 5.91 Å². The first-order valence-corrected chi connectivity index (χ1v) is 12.0. The number of hydrogen-bond acceptors (Lipinski definition) is 3. The number of nitrogens with one attached hydrogen (secondary N) is 3. The van der Waals surface area contributed by atoms with Crippen LogP contribution >= 0.6 is 34.8 Å². The number of rotatable bonds is 6. The fourth-order valence-corrected chi connectivity index (χ4v) is 5.42. The molecule has 1 aliphatic rings. The van der Waals surface area contributed by atoms with Gasteiger partial charge in [-0.05, 0) is 79.3 Å². The van der Waals surface area contributed by atoms with E-state index in [4.69, 9.17) is 12.2 Å². The van der Waals surface area contributed by atoms with E-state index >= 15 is 0 Å². The predicted octanol–water partition coefficient (Wildman–Crippen LogP) is 4.94. The van der Waals surface area contributed by atoms with Crippen molar-refractivity contribution in [3.63, 3.8) is 0 Å². The van der Waals surface area contributed by atoms with E-state index in [1.807, 2.05) is 49.4 Å². The molecular weight excluding hydrogens is 533 g/mol. The van der Waals surface area contributed by atoms with Crippen molar-refractivity contribution in [3.8, 4) is 0 Å². The molecule has 1 saturated heterocycles. The van der Waals surface area contributed by atoms with Crippen molar-refractivity contribution in [2.24, 2.45) is 0 Å². The molecule has 0 aliphatic carbocycles. The van der Waals surface area contributed by atoms with E-state index in [1.165, 1.54) is 9.13 Å². The van der Waals surface area contributed by atoms with Crippen molar-refractivity contribution in [1.82, 2.24) is 20.2 Å². The van der Waals surface area contributed by atoms with E-state index in [9.17, 15) is 4.79 Å². The Morgan fingerprint density at radius 3 is 2.56 bits per heavy atom.